The van der Waals surface area contributed by atoms with Crippen LogP contribution in [0.4, 0.5) is 0 Å². The van der Waals surface area contributed by atoms with Crippen molar-refractivity contribution in [2.75, 3.05) is 20.1 Å². The molecule has 0 aliphatic heterocycles. The highest BCUT2D eigenvalue weighted by molar-refractivity contribution is 7.89. The van der Waals surface area contributed by atoms with E-state index in [2.05, 4.69) is 16.8 Å². The van der Waals surface area contributed by atoms with Crippen molar-refractivity contribution in [2.45, 2.75) is 24.3 Å². The van der Waals surface area contributed by atoms with Crippen molar-refractivity contribution in [1.29, 1.82) is 0 Å². The minimum Gasteiger partial charge on any atom is -0.389 e. The molecule has 6 nitrogen and oxygen atoms in total. The molecular weight excluding hydrogens is 278 g/mol. The minimum atomic E-state index is -3.71. The highest BCUT2D eigenvalue weighted by Gasteiger charge is 2.26. The summed E-state index contributed by atoms with van der Waals surface area (Å²) in [5, 5.41) is 9.71. The van der Waals surface area contributed by atoms with Crippen molar-refractivity contribution in [3.63, 3.8) is 0 Å². The Hall–Kier alpha value is -1.46. The monoisotopic (exact) mass is 297 g/mol. The summed E-state index contributed by atoms with van der Waals surface area (Å²) in [6, 6.07) is 1.44. The third kappa shape index (κ3) is 4.58. The highest BCUT2D eigenvalue weighted by Crippen LogP contribution is 2.16. The molecule has 0 radical (unpaired) electrons. The Morgan fingerprint density at radius 1 is 1.45 bits per heavy atom. The van der Waals surface area contributed by atoms with E-state index >= 15 is 0 Å². The van der Waals surface area contributed by atoms with Crippen molar-refractivity contribution in [1.82, 2.24) is 9.29 Å². The van der Waals surface area contributed by atoms with Crippen molar-refractivity contribution >= 4 is 10.0 Å². The Morgan fingerprint density at radius 2 is 2.10 bits per heavy atom. The number of aromatic nitrogens is 1. The zero-order valence-electron chi connectivity index (χ0n) is 11.8. The van der Waals surface area contributed by atoms with E-state index in [1.807, 2.05) is 0 Å². The van der Waals surface area contributed by atoms with E-state index in [0.717, 1.165) is 4.31 Å². The summed E-state index contributed by atoms with van der Waals surface area (Å²) < 4.78 is 25.8. The van der Waals surface area contributed by atoms with Gasteiger partial charge in [-0.3, -0.25) is 4.98 Å². The molecule has 1 rings (SSSR count). The maximum Gasteiger partial charge on any atom is 0.244 e. The third-order valence-corrected chi connectivity index (χ3v) is 4.13. The second-order valence-corrected chi connectivity index (χ2v) is 7.03. The summed E-state index contributed by atoms with van der Waals surface area (Å²) in [5.41, 5.74) is 4.63. The van der Waals surface area contributed by atoms with Crippen LogP contribution in [0, 0.1) is 11.8 Å². The number of hydrogen-bond acceptors (Lipinski definition) is 5. The topological polar surface area (TPSA) is 96.5 Å². The Balaban J connectivity index is 3.10. The van der Waals surface area contributed by atoms with Crippen LogP contribution in [-0.2, 0) is 10.0 Å². The molecule has 110 valence electrons. The van der Waals surface area contributed by atoms with Gasteiger partial charge in [-0.15, -0.1) is 0 Å². The van der Waals surface area contributed by atoms with E-state index in [1.165, 1.54) is 25.5 Å². The largest absolute Gasteiger partial charge is 0.389 e. The standard InChI is InChI=1S/C13H19N3O3S/c1-13(2,17)10-16(3)20(18,19)12-7-11(5-4-6-14)8-15-9-12/h7-9,17H,6,10,14H2,1-3H3. The van der Waals surface area contributed by atoms with Crippen LogP contribution in [-0.4, -0.2) is 48.6 Å². The first-order valence-electron chi connectivity index (χ1n) is 5.99. The Bertz CT molecular complexity index is 624. The lowest BCUT2D eigenvalue weighted by molar-refractivity contribution is 0.0640. The van der Waals surface area contributed by atoms with Gasteiger partial charge in [-0.2, -0.15) is 4.31 Å². The Labute approximate surface area is 119 Å². The molecule has 0 atom stereocenters. The molecule has 7 heteroatoms. The van der Waals surface area contributed by atoms with Crippen LogP contribution in [0.15, 0.2) is 23.4 Å². The van der Waals surface area contributed by atoms with Gasteiger partial charge in [0.2, 0.25) is 10.0 Å². The van der Waals surface area contributed by atoms with Gasteiger partial charge in [0.25, 0.3) is 0 Å². The number of rotatable bonds is 4. The molecule has 0 saturated heterocycles. The van der Waals surface area contributed by atoms with E-state index < -0.39 is 15.6 Å². The van der Waals surface area contributed by atoms with Crippen LogP contribution in [0.2, 0.25) is 0 Å². The van der Waals surface area contributed by atoms with Gasteiger partial charge in [-0.25, -0.2) is 8.42 Å². The summed E-state index contributed by atoms with van der Waals surface area (Å²) in [6.07, 6.45) is 2.72. The maximum absolute atomic E-state index is 12.3. The number of aliphatic hydroxyl groups is 1. The summed E-state index contributed by atoms with van der Waals surface area (Å²) in [7, 11) is -2.30. The van der Waals surface area contributed by atoms with Gasteiger partial charge in [0, 0.05) is 31.5 Å². The van der Waals surface area contributed by atoms with Gasteiger partial charge < -0.3 is 10.8 Å². The van der Waals surface area contributed by atoms with Gasteiger partial charge >= 0.3 is 0 Å². The van der Waals surface area contributed by atoms with E-state index in [0.29, 0.717) is 5.56 Å². The third-order valence-electron chi connectivity index (χ3n) is 2.37. The molecule has 0 amide bonds. The van der Waals surface area contributed by atoms with E-state index in [9.17, 15) is 13.5 Å². The maximum atomic E-state index is 12.3. The molecule has 0 bridgehead atoms. The number of sulfonamides is 1. The predicted octanol–water partition coefficient (Wildman–Crippen LogP) is -0.217. The van der Waals surface area contributed by atoms with Gasteiger partial charge in [0.05, 0.1) is 12.1 Å². The molecule has 3 N–H and O–H groups in total. The molecule has 0 spiro atoms. The average molecular weight is 297 g/mol. The van der Waals surface area contributed by atoms with Gasteiger partial charge in [-0.05, 0) is 19.9 Å². The predicted molar refractivity (Wildman–Crippen MR) is 76.3 cm³/mol. The first kappa shape index (κ1) is 16.6. The SMILES string of the molecule is CN(CC(C)(C)O)S(=O)(=O)c1cncc(C#CCN)c1. The summed E-state index contributed by atoms with van der Waals surface area (Å²) in [4.78, 5) is 3.91. The summed E-state index contributed by atoms with van der Waals surface area (Å²) in [6.45, 7) is 3.25. The van der Waals surface area contributed by atoms with Gasteiger partial charge in [-0.1, -0.05) is 11.8 Å². The number of hydrogen-bond donors (Lipinski definition) is 2. The lowest BCUT2D eigenvalue weighted by Crippen LogP contribution is -2.39. The van der Waals surface area contributed by atoms with Crippen LogP contribution < -0.4 is 5.73 Å². The van der Waals surface area contributed by atoms with Crippen molar-refractivity contribution in [3.05, 3.63) is 24.0 Å². The van der Waals surface area contributed by atoms with Crippen LogP contribution in [0.25, 0.3) is 0 Å². The second kappa shape index (κ2) is 6.33. The molecule has 0 unspecified atom stereocenters. The smallest absolute Gasteiger partial charge is 0.244 e. The molecule has 0 aliphatic rings. The average Bonchev–Trinajstić information content (AvgIpc) is 2.34. The van der Waals surface area contributed by atoms with Crippen LogP contribution >= 0.6 is 0 Å². The molecule has 1 aromatic rings. The molecule has 20 heavy (non-hydrogen) atoms. The fraction of sp³-hybridized carbons (Fsp3) is 0.462. The fourth-order valence-electron chi connectivity index (χ4n) is 1.59. The quantitative estimate of drug-likeness (QED) is 0.749. The molecule has 0 fully saturated rings. The zero-order chi connectivity index (χ0) is 15.4. The van der Waals surface area contributed by atoms with E-state index in [1.54, 1.807) is 13.8 Å². The van der Waals surface area contributed by atoms with Gasteiger partial charge in [0.1, 0.15) is 4.90 Å². The fourth-order valence-corrected chi connectivity index (χ4v) is 2.91. The van der Waals surface area contributed by atoms with E-state index in [4.69, 9.17) is 5.73 Å². The number of nitrogens with zero attached hydrogens (tertiary/aromatic N) is 2. The highest BCUT2D eigenvalue weighted by atomic mass is 32.2. The molecule has 0 aromatic carbocycles. The normalized spacial score (nSPS) is 12.1. The van der Waals surface area contributed by atoms with Gasteiger partial charge in [0.15, 0.2) is 0 Å². The number of pyridine rings is 1. The summed E-state index contributed by atoms with van der Waals surface area (Å²) in [5.74, 6) is 5.37. The van der Waals surface area contributed by atoms with E-state index in [-0.39, 0.29) is 18.0 Å². The Morgan fingerprint density at radius 3 is 2.65 bits per heavy atom. The first-order chi connectivity index (χ1) is 9.16. The molecule has 0 aliphatic carbocycles. The van der Waals surface area contributed by atoms with Crippen LogP contribution in [0.3, 0.4) is 0 Å². The molecular formula is C13H19N3O3S. The second-order valence-electron chi connectivity index (χ2n) is 4.99. The zero-order valence-corrected chi connectivity index (χ0v) is 12.6. The minimum absolute atomic E-state index is 0.0198. The van der Waals surface area contributed by atoms with Crippen LogP contribution in [0.5, 0.6) is 0 Å². The molecule has 0 saturated carbocycles. The van der Waals surface area contributed by atoms with Crippen molar-refractivity contribution in [2.24, 2.45) is 5.73 Å². The first-order valence-corrected chi connectivity index (χ1v) is 7.43. The van der Waals surface area contributed by atoms with Crippen molar-refractivity contribution in [3.8, 4) is 11.8 Å². The van der Waals surface area contributed by atoms with Crippen LogP contribution in [0.1, 0.15) is 19.4 Å². The van der Waals surface area contributed by atoms with Crippen molar-refractivity contribution < 1.29 is 13.5 Å². The lowest BCUT2D eigenvalue weighted by Gasteiger charge is -2.24. The Kier molecular flexibility index (Phi) is 5.25. The molecule has 1 aromatic heterocycles. The number of likely N-dealkylation sites (N-methyl/N-ethyl adjacent to an activating group) is 1. The lowest BCUT2D eigenvalue weighted by atomic mass is 10.1. The number of nitrogens with two attached hydrogens (primary N) is 1. The molecule has 1 heterocycles. The summed E-state index contributed by atoms with van der Waals surface area (Å²) >= 11 is 0.